The van der Waals surface area contributed by atoms with Crippen LogP contribution in [0.1, 0.15) is 10.4 Å². The van der Waals surface area contributed by atoms with Crippen molar-refractivity contribution < 1.29 is 28.4 Å². The molecule has 150 valence electrons. The predicted molar refractivity (Wildman–Crippen MR) is 103 cm³/mol. The average Bonchev–Trinajstić information content (AvgIpc) is 2.98. The topological polar surface area (TPSA) is 63.5 Å². The fraction of sp³-hybridized carbons (Fsp3) is 0.333. The van der Waals surface area contributed by atoms with Gasteiger partial charge in [-0.3, -0.25) is 14.5 Å². The summed E-state index contributed by atoms with van der Waals surface area (Å²) in [6.45, 7) is 4.53. The molecule has 3 heterocycles. The third kappa shape index (κ3) is 3.19. The van der Waals surface area contributed by atoms with Crippen molar-refractivity contribution >= 4 is 23.1 Å². The lowest BCUT2D eigenvalue weighted by molar-refractivity contribution is -0.899. The molecule has 7 nitrogen and oxygen atoms in total. The number of benzene rings is 2. The summed E-state index contributed by atoms with van der Waals surface area (Å²) in [5, 5.41) is 0. The molecule has 1 saturated heterocycles. The maximum absolute atomic E-state index is 13.1. The van der Waals surface area contributed by atoms with Crippen molar-refractivity contribution in [2.24, 2.45) is 0 Å². The summed E-state index contributed by atoms with van der Waals surface area (Å²) in [5.41, 5.74) is 1.97. The van der Waals surface area contributed by atoms with Crippen molar-refractivity contribution in [2.75, 3.05) is 55.9 Å². The molecule has 5 rings (SSSR count). The highest BCUT2D eigenvalue weighted by Crippen LogP contribution is 2.40. The smallest absolute Gasteiger partial charge is 0.303 e. The van der Waals surface area contributed by atoms with Crippen molar-refractivity contribution in [1.29, 1.82) is 0 Å². The number of fused-ring (bicyclic) bond motifs is 2. The van der Waals surface area contributed by atoms with Crippen molar-refractivity contribution in [1.82, 2.24) is 0 Å². The van der Waals surface area contributed by atoms with Gasteiger partial charge in [0.05, 0.1) is 37.4 Å². The minimum Gasteiger partial charge on any atom is -0.486 e. The third-order valence-electron chi connectivity index (χ3n) is 5.68. The second kappa shape index (κ2) is 7.04. The fourth-order valence-electron chi connectivity index (χ4n) is 4.10. The van der Waals surface area contributed by atoms with E-state index in [1.807, 2.05) is 0 Å². The van der Waals surface area contributed by atoms with Crippen molar-refractivity contribution in [3.8, 4) is 11.5 Å². The van der Waals surface area contributed by atoms with Crippen molar-refractivity contribution in [3.63, 3.8) is 0 Å². The molecule has 0 radical (unpaired) electrons. The number of rotatable bonds is 3. The molecule has 2 aromatic rings. The molecule has 1 amide bonds. The van der Waals surface area contributed by atoms with Gasteiger partial charge in [0.15, 0.2) is 18.2 Å². The highest BCUT2D eigenvalue weighted by atomic mass is 19.1. The Morgan fingerprint density at radius 2 is 1.62 bits per heavy atom. The number of Topliss-reactive ketones (excluding diaryl/α,β-unsaturated/α-hetero) is 1. The molecule has 29 heavy (non-hydrogen) atoms. The molecule has 3 aliphatic heterocycles. The molecule has 1 fully saturated rings. The number of carbonyl (C=O) groups is 2. The van der Waals surface area contributed by atoms with Gasteiger partial charge in [0.2, 0.25) is 0 Å². The second-order valence-corrected chi connectivity index (χ2v) is 7.45. The summed E-state index contributed by atoms with van der Waals surface area (Å²) < 4.78 is 24.3. The van der Waals surface area contributed by atoms with E-state index in [0.29, 0.717) is 42.6 Å². The van der Waals surface area contributed by atoms with Crippen molar-refractivity contribution in [2.45, 2.75) is 0 Å². The molecule has 3 aliphatic rings. The van der Waals surface area contributed by atoms with Crippen LogP contribution < -0.4 is 24.2 Å². The van der Waals surface area contributed by atoms with E-state index < -0.39 is 11.7 Å². The minimum absolute atomic E-state index is 0.245. The number of hydrogen-bond acceptors (Lipinski definition) is 5. The summed E-state index contributed by atoms with van der Waals surface area (Å²) in [4.78, 5) is 30.0. The van der Waals surface area contributed by atoms with E-state index in [-0.39, 0.29) is 5.82 Å². The first-order chi connectivity index (χ1) is 14.1. The summed E-state index contributed by atoms with van der Waals surface area (Å²) in [6, 6.07) is 9.85. The molecule has 0 aromatic heterocycles. The van der Waals surface area contributed by atoms with Gasteiger partial charge in [0, 0.05) is 11.8 Å². The number of ketones is 1. The van der Waals surface area contributed by atoms with Crippen molar-refractivity contribution in [3.05, 3.63) is 47.8 Å². The molecule has 8 heteroatoms. The standard InChI is InChI=1S/C21H20FN3O4/c22-14-1-3-15(4-2-14)24-7-5-23(6-8-24)13-25-17-12-19-18(28-9-10-29-19)11-16(17)20(26)21(25)27/h1-4,11-12H,5-10,13H2/p+1. The van der Waals surface area contributed by atoms with E-state index in [4.69, 9.17) is 9.47 Å². The molecular weight excluding hydrogens is 377 g/mol. The number of hydrogen-bond donors (Lipinski definition) is 1. The number of quaternary nitrogens is 1. The van der Waals surface area contributed by atoms with E-state index in [1.54, 1.807) is 29.2 Å². The summed E-state index contributed by atoms with van der Waals surface area (Å²) in [7, 11) is 0. The van der Waals surface area contributed by atoms with Gasteiger partial charge in [-0.25, -0.2) is 4.39 Å². The molecule has 2 aromatic carbocycles. The molecule has 0 spiro atoms. The zero-order chi connectivity index (χ0) is 20.0. The second-order valence-electron chi connectivity index (χ2n) is 7.45. The van der Waals surface area contributed by atoms with Crippen LogP contribution in [-0.2, 0) is 4.79 Å². The van der Waals surface area contributed by atoms with Crippen LogP contribution in [0, 0.1) is 5.82 Å². The van der Waals surface area contributed by atoms with Gasteiger partial charge in [-0.2, -0.15) is 0 Å². The van der Waals surface area contributed by atoms with Gasteiger partial charge < -0.3 is 19.3 Å². The summed E-state index contributed by atoms with van der Waals surface area (Å²) in [6.07, 6.45) is 0. The Balaban J connectivity index is 1.30. The van der Waals surface area contributed by atoms with Crippen LogP contribution in [0.2, 0.25) is 0 Å². The highest BCUT2D eigenvalue weighted by molar-refractivity contribution is 6.52. The molecular formula is C21H21FN3O4+. The highest BCUT2D eigenvalue weighted by Gasteiger charge is 2.40. The first-order valence-electron chi connectivity index (χ1n) is 9.74. The number of nitrogens with one attached hydrogen (secondary N) is 1. The van der Waals surface area contributed by atoms with Gasteiger partial charge in [-0.15, -0.1) is 0 Å². The van der Waals surface area contributed by atoms with Crippen LogP contribution in [0.4, 0.5) is 15.8 Å². The third-order valence-corrected chi connectivity index (χ3v) is 5.68. The number of nitrogens with zero attached hydrogens (tertiary/aromatic N) is 2. The lowest BCUT2D eigenvalue weighted by Crippen LogP contribution is -3.16. The summed E-state index contributed by atoms with van der Waals surface area (Å²) in [5.74, 6) is -0.167. The molecule has 0 atom stereocenters. The van der Waals surface area contributed by atoms with E-state index in [2.05, 4.69) is 4.90 Å². The minimum atomic E-state index is -0.504. The predicted octanol–water partition coefficient (Wildman–Crippen LogP) is 0.489. The van der Waals surface area contributed by atoms with Gasteiger partial charge in [0.1, 0.15) is 19.0 Å². The zero-order valence-electron chi connectivity index (χ0n) is 15.8. The Labute approximate surface area is 167 Å². The normalized spacial score (nSPS) is 18.9. The molecule has 0 aliphatic carbocycles. The Bertz CT molecular complexity index is 971. The average molecular weight is 398 g/mol. The Morgan fingerprint density at radius 1 is 0.966 bits per heavy atom. The first kappa shape index (κ1) is 17.9. The monoisotopic (exact) mass is 398 g/mol. The molecule has 1 N–H and O–H groups in total. The number of carbonyl (C=O) groups excluding carboxylic acids is 2. The van der Waals surface area contributed by atoms with E-state index in [1.165, 1.54) is 17.0 Å². The van der Waals surface area contributed by atoms with Crippen LogP contribution in [0.25, 0.3) is 0 Å². The SMILES string of the molecule is O=C1C(=O)N(C[NH+]2CCN(c3ccc(F)cc3)CC2)c2cc3c(cc21)OCCO3. The molecule has 0 bridgehead atoms. The van der Waals surface area contributed by atoms with Crippen LogP contribution in [0.3, 0.4) is 0 Å². The van der Waals surface area contributed by atoms with E-state index in [0.717, 1.165) is 31.9 Å². The van der Waals surface area contributed by atoms with Gasteiger partial charge in [-0.05, 0) is 30.3 Å². The number of anilines is 2. The Morgan fingerprint density at radius 3 is 2.31 bits per heavy atom. The fourth-order valence-corrected chi connectivity index (χ4v) is 4.10. The van der Waals surface area contributed by atoms with Gasteiger partial charge in [-0.1, -0.05) is 0 Å². The first-order valence-corrected chi connectivity index (χ1v) is 9.74. The Kier molecular flexibility index (Phi) is 4.35. The van der Waals surface area contributed by atoms with Gasteiger partial charge >= 0.3 is 5.91 Å². The number of piperazine rings is 1. The Hall–Kier alpha value is -3.13. The quantitative estimate of drug-likeness (QED) is 0.763. The lowest BCUT2D eigenvalue weighted by Gasteiger charge is -2.35. The van der Waals surface area contributed by atoms with E-state index in [9.17, 15) is 14.0 Å². The van der Waals surface area contributed by atoms with Crippen LogP contribution >= 0.6 is 0 Å². The van der Waals surface area contributed by atoms with Crippen LogP contribution in [0.15, 0.2) is 36.4 Å². The lowest BCUT2D eigenvalue weighted by atomic mass is 10.1. The maximum atomic E-state index is 13.1. The van der Waals surface area contributed by atoms with Gasteiger partial charge in [0.25, 0.3) is 5.78 Å². The number of ether oxygens (including phenoxy) is 2. The molecule has 0 unspecified atom stereocenters. The largest absolute Gasteiger partial charge is 0.486 e. The number of halogens is 1. The zero-order valence-corrected chi connectivity index (χ0v) is 15.8. The van der Waals surface area contributed by atoms with E-state index >= 15 is 0 Å². The van der Waals surface area contributed by atoms with Crippen LogP contribution in [0.5, 0.6) is 11.5 Å². The van der Waals surface area contributed by atoms with Crippen LogP contribution in [-0.4, -0.2) is 57.8 Å². The maximum Gasteiger partial charge on any atom is 0.303 e. The molecule has 0 saturated carbocycles. The number of amides is 1. The summed E-state index contributed by atoms with van der Waals surface area (Å²) >= 11 is 0.